The van der Waals surface area contributed by atoms with Crippen molar-refractivity contribution in [2.24, 2.45) is 46.3 Å². The van der Waals surface area contributed by atoms with Crippen molar-refractivity contribution < 1.29 is 0 Å². The molecule has 0 saturated heterocycles. The predicted molar refractivity (Wildman–Crippen MR) is 67.0 cm³/mol. The second-order valence-corrected chi connectivity index (χ2v) is 8.38. The van der Waals surface area contributed by atoms with Gasteiger partial charge >= 0.3 is 0 Å². The standard InChI is InChI=1S/C16H26/c1-15(2)11-8-12(16(15,3)4)14-10-6-5-9(7-10)13(11)14/h9-14H,5-8H2,1-4H3. The first-order chi connectivity index (χ1) is 7.44. The number of hydrogen-bond acceptors (Lipinski definition) is 0. The maximum absolute atomic E-state index is 2.57. The Bertz CT molecular complexity index is 306. The van der Waals surface area contributed by atoms with E-state index in [4.69, 9.17) is 0 Å². The summed E-state index contributed by atoms with van der Waals surface area (Å²) < 4.78 is 0. The summed E-state index contributed by atoms with van der Waals surface area (Å²) in [5.74, 6) is 6.69. The Labute approximate surface area is 100 Å². The Morgan fingerprint density at radius 2 is 1.12 bits per heavy atom. The fraction of sp³-hybridized carbons (Fsp3) is 1.00. The van der Waals surface area contributed by atoms with Gasteiger partial charge in [-0.3, -0.25) is 0 Å². The molecule has 0 radical (unpaired) electrons. The summed E-state index contributed by atoms with van der Waals surface area (Å²) in [6, 6.07) is 0. The molecule has 6 unspecified atom stereocenters. The summed E-state index contributed by atoms with van der Waals surface area (Å²) in [6.07, 6.45) is 6.33. The predicted octanol–water partition coefficient (Wildman–Crippen LogP) is 4.35. The van der Waals surface area contributed by atoms with E-state index in [1.807, 2.05) is 0 Å². The highest BCUT2D eigenvalue weighted by molar-refractivity contribution is 5.18. The van der Waals surface area contributed by atoms with Crippen molar-refractivity contribution in [3.8, 4) is 0 Å². The topological polar surface area (TPSA) is 0 Å². The summed E-state index contributed by atoms with van der Waals surface area (Å²) in [6.45, 7) is 10.3. The normalized spacial score (nSPS) is 59.2. The largest absolute Gasteiger partial charge is 0.0591 e. The zero-order valence-corrected chi connectivity index (χ0v) is 11.3. The average molecular weight is 218 g/mol. The summed E-state index contributed by atoms with van der Waals surface area (Å²) in [5, 5.41) is 0. The van der Waals surface area contributed by atoms with Gasteiger partial charge in [-0.25, -0.2) is 0 Å². The molecule has 0 heteroatoms. The molecule has 4 aliphatic rings. The molecular weight excluding hydrogens is 192 g/mol. The molecule has 90 valence electrons. The van der Waals surface area contributed by atoms with Crippen LogP contribution in [-0.4, -0.2) is 0 Å². The van der Waals surface area contributed by atoms with Crippen LogP contribution in [0.4, 0.5) is 0 Å². The smallest absolute Gasteiger partial charge is 0.0269 e. The van der Waals surface area contributed by atoms with Gasteiger partial charge in [-0.1, -0.05) is 27.7 Å². The highest BCUT2D eigenvalue weighted by Gasteiger charge is 2.70. The molecule has 0 aromatic rings. The van der Waals surface area contributed by atoms with Gasteiger partial charge in [0.25, 0.3) is 0 Å². The van der Waals surface area contributed by atoms with Crippen molar-refractivity contribution in [2.75, 3.05) is 0 Å². The van der Waals surface area contributed by atoms with E-state index in [0.717, 1.165) is 35.5 Å². The average Bonchev–Trinajstić information content (AvgIpc) is 2.89. The fourth-order valence-corrected chi connectivity index (χ4v) is 6.67. The van der Waals surface area contributed by atoms with E-state index in [2.05, 4.69) is 27.7 Å². The molecular formula is C16H26. The van der Waals surface area contributed by atoms with Crippen molar-refractivity contribution in [3.63, 3.8) is 0 Å². The van der Waals surface area contributed by atoms with Gasteiger partial charge in [-0.2, -0.15) is 0 Å². The van der Waals surface area contributed by atoms with Gasteiger partial charge in [-0.05, 0) is 72.0 Å². The molecule has 0 nitrogen and oxygen atoms in total. The second-order valence-electron chi connectivity index (χ2n) is 8.38. The van der Waals surface area contributed by atoms with Gasteiger partial charge in [0.1, 0.15) is 0 Å². The van der Waals surface area contributed by atoms with Crippen LogP contribution in [0.5, 0.6) is 0 Å². The van der Waals surface area contributed by atoms with Gasteiger partial charge in [0.2, 0.25) is 0 Å². The van der Waals surface area contributed by atoms with E-state index in [9.17, 15) is 0 Å². The Morgan fingerprint density at radius 1 is 0.688 bits per heavy atom. The van der Waals surface area contributed by atoms with Crippen molar-refractivity contribution in [1.29, 1.82) is 0 Å². The molecule has 0 aliphatic heterocycles. The molecule has 0 aromatic carbocycles. The Morgan fingerprint density at radius 3 is 1.56 bits per heavy atom. The molecule has 0 N–H and O–H groups in total. The van der Waals surface area contributed by atoms with E-state index in [-0.39, 0.29) is 0 Å². The lowest BCUT2D eigenvalue weighted by Crippen LogP contribution is -2.47. The van der Waals surface area contributed by atoms with E-state index in [1.165, 1.54) is 0 Å². The molecule has 4 aliphatic carbocycles. The quantitative estimate of drug-likeness (QED) is 0.530. The van der Waals surface area contributed by atoms with Gasteiger partial charge in [0, 0.05) is 0 Å². The lowest BCUT2D eigenvalue weighted by molar-refractivity contribution is -0.0506. The molecule has 0 spiro atoms. The number of rotatable bonds is 0. The van der Waals surface area contributed by atoms with Crippen LogP contribution in [0.25, 0.3) is 0 Å². The first-order valence-corrected chi connectivity index (χ1v) is 7.44. The van der Waals surface area contributed by atoms with Crippen LogP contribution in [-0.2, 0) is 0 Å². The summed E-state index contributed by atoms with van der Waals surface area (Å²) in [7, 11) is 0. The summed E-state index contributed by atoms with van der Waals surface area (Å²) in [4.78, 5) is 0. The van der Waals surface area contributed by atoms with Crippen LogP contribution in [0.15, 0.2) is 0 Å². The fourth-order valence-electron chi connectivity index (χ4n) is 6.67. The lowest BCUT2D eigenvalue weighted by atomic mass is 9.52. The monoisotopic (exact) mass is 218 g/mol. The molecule has 4 bridgehead atoms. The maximum Gasteiger partial charge on any atom is -0.0269 e. The van der Waals surface area contributed by atoms with Gasteiger partial charge in [0.15, 0.2) is 0 Å². The van der Waals surface area contributed by atoms with Crippen LogP contribution in [0.3, 0.4) is 0 Å². The first kappa shape index (κ1) is 9.97. The molecule has 0 heterocycles. The molecule has 4 saturated carbocycles. The van der Waals surface area contributed by atoms with Crippen molar-refractivity contribution in [3.05, 3.63) is 0 Å². The molecule has 0 aromatic heterocycles. The molecule has 16 heavy (non-hydrogen) atoms. The van der Waals surface area contributed by atoms with Gasteiger partial charge in [-0.15, -0.1) is 0 Å². The van der Waals surface area contributed by atoms with E-state index in [0.29, 0.717) is 10.8 Å². The van der Waals surface area contributed by atoms with E-state index < -0.39 is 0 Å². The lowest BCUT2D eigenvalue weighted by Gasteiger charge is -2.53. The number of fused-ring (bicyclic) bond motifs is 9. The van der Waals surface area contributed by atoms with Crippen LogP contribution >= 0.6 is 0 Å². The third kappa shape index (κ3) is 0.811. The Hall–Kier alpha value is 0. The maximum atomic E-state index is 2.57. The highest BCUT2D eigenvalue weighted by Crippen LogP contribution is 2.77. The zero-order valence-electron chi connectivity index (χ0n) is 11.3. The van der Waals surface area contributed by atoms with Crippen LogP contribution in [0, 0.1) is 46.3 Å². The van der Waals surface area contributed by atoms with Crippen molar-refractivity contribution in [1.82, 2.24) is 0 Å². The van der Waals surface area contributed by atoms with Crippen molar-refractivity contribution >= 4 is 0 Å². The second kappa shape index (κ2) is 2.54. The van der Waals surface area contributed by atoms with E-state index >= 15 is 0 Å². The number of hydrogen-bond donors (Lipinski definition) is 0. The minimum absolute atomic E-state index is 0.601. The zero-order chi connectivity index (χ0) is 11.3. The SMILES string of the molecule is CC1(C)C2CC(C3C4CCC(C4)C32)C1(C)C. The molecule has 6 atom stereocenters. The third-order valence-corrected chi connectivity index (χ3v) is 8.00. The minimum atomic E-state index is 0.601. The van der Waals surface area contributed by atoms with E-state index in [1.54, 1.807) is 25.7 Å². The summed E-state index contributed by atoms with van der Waals surface area (Å²) in [5.41, 5.74) is 1.20. The first-order valence-electron chi connectivity index (χ1n) is 7.44. The van der Waals surface area contributed by atoms with Crippen LogP contribution in [0.2, 0.25) is 0 Å². The molecule has 4 fully saturated rings. The van der Waals surface area contributed by atoms with Crippen LogP contribution in [0.1, 0.15) is 53.4 Å². The molecule has 0 amide bonds. The van der Waals surface area contributed by atoms with Crippen molar-refractivity contribution in [2.45, 2.75) is 53.4 Å². The van der Waals surface area contributed by atoms with Gasteiger partial charge < -0.3 is 0 Å². The Kier molecular flexibility index (Phi) is 1.59. The van der Waals surface area contributed by atoms with Gasteiger partial charge in [0.05, 0.1) is 0 Å². The summed E-state index contributed by atoms with van der Waals surface area (Å²) >= 11 is 0. The molecule has 4 rings (SSSR count). The highest BCUT2D eigenvalue weighted by atomic mass is 14.7. The third-order valence-electron chi connectivity index (χ3n) is 8.00. The minimum Gasteiger partial charge on any atom is -0.0591 e. The Balaban J connectivity index is 1.80. The van der Waals surface area contributed by atoms with Crippen LogP contribution < -0.4 is 0 Å².